The summed E-state index contributed by atoms with van der Waals surface area (Å²) in [5.41, 5.74) is 2.21. The van der Waals surface area contributed by atoms with E-state index in [1.165, 1.54) is 4.31 Å². The van der Waals surface area contributed by atoms with Crippen molar-refractivity contribution in [1.82, 2.24) is 0 Å². The Hall–Kier alpha value is -1.99. The number of rotatable bonds is 8. The van der Waals surface area contributed by atoms with Crippen LogP contribution in [-0.4, -0.2) is 32.4 Å². The number of hydrogen-bond donors (Lipinski definition) is 1. The van der Waals surface area contributed by atoms with Gasteiger partial charge in [-0.1, -0.05) is 43.7 Å². The number of nitrogens with one attached hydrogen (secondary N) is 1. The van der Waals surface area contributed by atoms with Crippen LogP contribution in [-0.2, 0) is 14.8 Å². The topological polar surface area (TPSA) is 66.5 Å². The maximum atomic E-state index is 13.0. The summed E-state index contributed by atoms with van der Waals surface area (Å²) in [6.07, 6.45) is 1.49. The van der Waals surface area contributed by atoms with Gasteiger partial charge >= 0.3 is 0 Å². The highest BCUT2D eigenvalue weighted by molar-refractivity contribution is 7.99. The standard InChI is InChI=1S/C20H26N2O3S2/c1-5-18(20(23)21-17-9-7-8-10-19(17)26-6-2)22(27(4,24)25)16-13-11-15(3)12-14-16/h7-14,18H,5-6H2,1-4H3,(H,21,23)/t18-/m1/s1. The summed E-state index contributed by atoms with van der Waals surface area (Å²) in [5, 5.41) is 2.91. The van der Waals surface area contributed by atoms with Crippen LogP contribution in [0.15, 0.2) is 53.4 Å². The molecule has 2 rings (SSSR count). The molecule has 1 N–H and O–H groups in total. The van der Waals surface area contributed by atoms with E-state index in [-0.39, 0.29) is 5.91 Å². The molecule has 0 aliphatic rings. The zero-order chi connectivity index (χ0) is 20.0. The molecule has 0 heterocycles. The molecule has 0 aliphatic carbocycles. The molecule has 0 aromatic heterocycles. The van der Waals surface area contributed by atoms with Crippen molar-refractivity contribution in [2.24, 2.45) is 0 Å². The summed E-state index contributed by atoms with van der Waals surface area (Å²) in [6.45, 7) is 5.78. The van der Waals surface area contributed by atoms with Gasteiger partial charge in [0.05, 0.1) is 17.6 Å². The Bertz CT molecular complexity index is 880. The summed E-state index contributed by atoms with van der Waals surface area (Å²) in [7, 11) is -3.63. The summed E-state index contributed by atoms with van der Waals surface area (Å²) in [6, 6.07) is 13.8. The van der Waals surface area contributed by atoms with E-state index < -0.39 is 16.1 Å². The molecule has 0 saturated heterocycles. The van der Waals surface area contributed by atoms with Crippen LogP contribution < -0.4 is 9.62 Å². The zero-order valence-electron chi connectivity index (χ0n) is 16.1. The van der Waals surface area contributed by atoms with E-state index in [0.29, 0.717) is 17.8 Å². The molecule has 2 aromatic rings. The summed E-state index contributed by atoms with van der Waals surface area (Å²) in [5.74, 6) is 0.538. The van der Waals surface area contributed by atoms with Crippen molar-refractivity contribution in [3.63, 3.8) is 0 Å². The minimum absolute atomic E-state index is 0.340. The lowest BCUT2D eigenvalue weighted by Gasteiger charge is -2.30. The molecule has 2 aromatic carbocycles. The van der Waals surface area contributed by atoms with Crippen molar-refractivity contribution in [3.05, 3.63) is 54.1 Å². The van der Waals surface area contributed by atoms with E-state index in [9.17, 15) is 13.2 Å². The van der Waals surface area contributed by atoms with Crippen LogP contribution >= 0.6 is 11.8 Å². The fraction of sp³-hybridized carbons (Fsp3) is 0.350. The van der Waals surface area contributed by atoms with Crippen LogP contribution in [0, 0.1) is 6.92 Å². The summed E-state index contributed by atoms with van der Waals surface area (Å²) >= 11 is 1.63. The molecule has 0 unspecified atom stereocenters. The normalized spacial score (nSPS) is 12.4. The van der Waals surface area contributed by atoms with Crippen LogP contribution in [0.3, 0.4) is 0 Å². The fourth-order valence-electron chi connectivity index (χ4n) is 2.82. The molecule has 0 aliphatic heterocycles. The second kappa shape index (κ2) is 9.28. The SMILES string of the molecule is CCSc1ccccc1NC(=O)[C@@H](CC)N(c1ccc(C)cc1)S(C)(=O)=O. The number of anilines is 2. The lowest BCUT2D eigenvalue weighted by molar-refractivity contribution is -0.117. The van der Waals surface area contributed by atoms with Crippen molar-refractivity contribution in [2.75, 3.05) is 21.6 Å². The Morgan fingerprint density at radius 1 is 1.11 bits per heavy atom. The summed E-state index contributed by atoms with van der Waals surface area (Å²) < 4.78 is 26.2. The second-order valence-corrected chi connectivity index (χ2v) is 9.40. The number of benzene rings is 2. The molecule has 0 spiro atoms. The highest BCUT2D eigenvalue weighted by Crippen LogP contribution is 2.28. The number of para-hydroxylation sites is 1. The van der Waals surface area contributed by atoms with E-state index in [2.05, 4.69) is 5.32 Å². The fourth-order valence-corrected chi connectivity index (χ4v) is 4.79. The number of sulfonamides is 1. The van der Waals surface area contributed by atoms with Crippen molar-refractivity contribution in [1.29, 1.82) is 0 Å². The first-order valence-corrected chi connectivity index (χ1v) is 11.7. The number of thioether (sulfide) groups is 1. The molecule has 27 heavy (non-hydrogen) atoms. The van der Waals surface area contributed by atoms with Crippen molar-refractivity contribution in [3.8, 4) is 0 Å². The molecule has 0 radical (unpaired) electrons. The number of carbonyl (C=O) groups is 1. The number of hydrogen-bond acceptors (Lipinski definition) is 4. The monoisotopic (exact) mass is 406 g/mol. The molecule has 0 saturated carbocycles. The molecule has 7 heteroatoms. The Morgan fingerprint density at radius 2 is 1.74 bits per heavy atom. The van der Waals surface area contributed by atoms with Crippen molar-refractivity contribution >= 4 is 39.1 Å². The third-order valence-corrected chi connectivity index (χ3v) is 6.20. The average molecular weight is 407 g/mol. The van der Waals surface area contributed by atoms with Gasteiger partial charge in [-0.05, 0) is 43.4 Å². The predicted molar refractivity (Wildman–Crippen MR) is 114 cm³/mol. The molecule has 0 bridgehead atoms. The highest BCUT2D eigenvalue weighted by atomic mass is 32.2. The smallest absolute Gasteiger partial charge is 0.248 e. The molecular weight excluding hydrogens is 380 g/mol. The maximum Gasteiger partial charge on any atom is 0.248 e. The van der Waals surface area contributed by atoms with Gasteiger partial charge in [0, 0.05) is 4.90 Å². The third-order valence-electron chi connectivity index (χ3n) is 4.06. The first kappa shape index (κ1) is 21.3. The van der Waals surface area contributed by atoms with Gasteiger partial charge in [0.2, 0.25) is 15.9 Å². The van der Waals surface area contributed by atoms with Gasteiger partial charge in [-0.25, -0.2) is 8.42 Å². The number of nitrogens with zero attached hydrogens (tertiary/aromatic N) is 1. The van der Waals surface area contributed by atoms with E-state index in [4.69, 9.17) is 0 Å². The quantitative estimate of drug-likeness (QED) is 0.664. The van der Waals surface area contributed by atoms with Crippen LogP contribution in [0.5, 0.6) is 0 Å². The number of carbonyl (C=O) groups excluding carboxylic acids is 1. The van der Waals surface area contributed by atoms with Crippen LogP contribution in [0.25, 0.3) is 0 Å². The Kier molecular flexibility index (Phi) is 7.33. The minimum atomic E-state index is -3.63. The summed E-state index contributed by atoms with van der Waals surface area (Å²) in [4.78, 5) is 14.0. The lowest BCUT2D eigenvalue weighted by Crippen LogP contribution is -2.47. The van der Waals surface area contributed by atoms with Crippen molar-refractivity contribution < 1.29 is 13.2 Å². The van der Waals surface area contributed by atoms with Gasteiger partial charge in [-0.3, -0.25) is 9.10 Å². The van der Waals surface area contributed by atoms with E-state index >= 15 is 0 Å². The minimum Gasteiger partial charge on any atom is -0.323 e. The maximum absolute atomic E-state index is 13.0. The molecule has 1 atom stereocenters. The average Bonchev–Trinajstić information content (AvgIpc) is 2.61. The third kappa shape index (κ3) is 5.49. The van der Waals surface area contributed by atoms with Gasteiger partial charge in [-0.2, -0.15) is 0 Å². The Morgan fingerprint density at radius 3 is 2.30 bits per heavy atom. The van der Waals surface area contributed by atoms with E-state index in [1.807, 2.05) is 57.2 Å². The van der Waals surface area contributed by atoms with E-state index in [1.54, 1.807) is 23.9 Å². The van der Waals surface area contributed by atoms with Gasteiger partial charge in [0.15, 0.2) is 0 Å². The lowest BCUT2D eigenvalue weighted by atomic mass is 10.1. The molecule has 5 nitrogen and oxygen atoms in total. The molecule has 1 amide bonds. The Balaban J connectivity index is 2.37. The van der Waals surface area contributed by atoms with E-state index in [0.717, 1.165) is 22.5 Å². The van der Waals surface area contributed by atoms with Gasteiger partial charge in [0.25, 0.3) is 0 Å². The first-order valence-electron chi connectivity index (χ1n) is 8.86. The first-order chi connectivity index (χ1) is 12.8. The van der Waals surface area contributed by atoms with Crippen LogP contribution in [0.1, 0.15) is 25.8 Å². The van der Waals surface area contributed by atoms with Crippen LogP contribution in [0.4, 0.5) is 11.4 Å². The second-order valence-electron chi connectivity index (χ2n) is 6.24. The van der Waals surface area contributed by atoms with Gasteiger partial charge in [-0.15, -0.1) is 11.8 Å². The largest absolute Gasteiger partial charge is 0.323 e. The van der Waals surface area contributed by atoms with Crippen LogP contribution in [0.2, 0.25) is 0 Å². The molecule has 0 fully saturated rings. The number of aryl methyl sites for hydroxylation is 1. The molecule has 146 valence electrons. The molecular formula is C20H26N2O3S2. The zero-order valence-corrected chi connectivity index (χ0v) is 17.7. The van der Waals surface area contributed by atoms with Gasteiger partial charge in [0.1, 0.15) is 6.04 Å². The highest BCUT2D eigenvalue weighted by Gasteiger charge is 2.31. The predicted octanol–water partition coefficient (Wildman–Crippen LogP) is 4.29. The van der Waals surface area contributed by atoms with Crippen molar-refractivity contribution in [2.45, 2.75) is 38.1 Å². The Labute approximate surface area is 166 Å². The number of amides is 1. The van der Waals surface area contributed by atoms with Gasteiger partial charge < -0.3 is 5.32 Å².